The zero-order chi connectivity index (χ0) is 11.7. The smallest absolute Gasteiger partial charge is 0.330 e. The molecule has 17 heavy (non-hydrogen) atoms. The zero-order valence-corrected chi connectivity index (χ0v) is 9.61. The van der Waals surface area contributed by atoms with Gasteiger partial charge in [-0.2, -0.15) is 12.6 Å². The van der Waals surface area contributed by atoms with E-state index >= 15 is 0 Å². The van der Waals surface area contributed by atoms with Crippen molar-refractivity contribution in [2.75, 3.05) is 5.75 Å². The number of nitrogens with zero attached hydrogens (tertiary/aromatic N) is 1. The molecule has 0 fully saturated rings. The highest BCUT2D eigenvalue weighted by molar-refractivity contribution is 7.80. The van der Waals surface area contributed by atoms with Crippen molar-refractivity contribution >= 4 is 12.6 Å². The van der Waals surface area contributed by atoms with Crippen molar-refractivity contribution in [1.82, 2.24) is 9.55 Å². The summed E-state index contributed by atoms with van der Waals surface area (Å²) in [6, 6.07) is 0. The number of thiol groups is 1. The first-order valence-corrected chi connectivity index (χ1v) is 5.52. The van der Waals surface area contributed by atoms with Crippen LogP contribution in [-0.2, 0) is 4.74 Å². The van der Waals surface area contributed by atoms with E-state index in [4.69, 9.17) is 4.74 Å². The Balaban J connectivity index is 0.00000144. The molecule has 6 heteroatoms. The van der Waals surface area contributed by atoms with Crippen molar-refractivity contribution < 1.29 is 4.74 Å². The van der Waals surface area contributed by atoms with Gasteiger partial charge < -0.3 is 4.74 Å². The monoisotopic (exact) mass is 256 g/mol. The van der Waals surface area contributed by atoms with Crippen LogP contribution in [0.1, 0.15) is 19.2 Å². The van der Waals surface area contributed by atoms with Gasteiger partial charge in [0.15, 0.2) is 6.23 Å². The van der Waals surface area contributed by atoms with Crippen LogP contribution in [0.2, 0.25) is 0 Å². The lowest BCUT2D eigenvalue weighted by Crippen LogP contribution is -2.33. The second-order valence-corrected chi connectivity index (χ2v) is 3.98. The van der Waals surface area contributed by atoms with Gasteiger partial charge in [-0.1, -0.05) is 13.5 Å². The van der Waals surface area contributed by atoms with E-state index in [1.807, 2.05) is 6.08 Å². The fraction of sp³-hybridized carbons (Fsp3) is 0.455. The maximum Gasteiger partial charge on any atom is 0.330 e. The number of ether oxygens (including phenoxy) is 1. The highest BCUT2D eigenvalue weighted by Gasteiger charge is 2.20. The zero-order valence-electron chi connectivity index (χ0n) is 8.71. The van der Waals surface area contributed by atoms with Crippen LogP contribution in [0.25, 0.3) is 0 Å². The fourth-order valence-electron chi connectivity index (χ4n) is 1.53. The lowest BCUT2D eigenvalue weighted by Gasteiger charge is -2.15. The van der Waals surface area contributed by atoms with E-state index < -0.39 is 11.9 Å². The molecule has 1 aromatic rings. The molecule has 0 bridgehead atoms. The van der Waals surface area contributed by atoms with Gasteiger partial charge in [-0.05, 0) is 13.0 Å². The second-order valence-electron chi connectivity index (χ2n) is 3.61. The minimum absolute atomic E-state index is 0. The molecule has 0 saturated heterocycles. The third kappa shape index (κ3) is 2.70. The number of hydrogen-bond acceptors (Lipinski definition) is 4. The largest absolute Gasteiger partial charge is 0.346 e. The Hall–Kier alpha value is -1.27. The molecule has 2 rings (SSSR count). The lowest BCUT2D eigenvalue weighted by molar-refractivity contribution is 0.0267. The van der Waals surface area contributed by atoms with Gasteiger partial charge in [0.1, 0.15) is 0 Å². The molecule has 0 saturated carbocycles. The van der Waals surface area contributed by atoms with Crippen LogP contribution in [0.15, 0.2) is 27.9 Å². The molecule has 2 atom stereocenters. The summed E-state index contributed by atoms with van der Waals surface area (Å²) in [7, 11) is 0. The SMILES string of the molecule is C.Cc1cn([C@H]2C=C[C@@H](CS)O2)c(=O)[nH]c1=O. The van der Waals surface area contributed by atoms with Crippen molar-refractivity contribution in [1.29, 1.82) is 0 Å². The Kier molecular flexibility index (Phi) is 4.36. The van der Waals surface area contributed by atoms with E-state index in [1.54, 1.807) is 13.0 Å². The van der Waals surface area contributed by atoms with Crippen molar-refractivity contribution in [3.63, 3.8) is 0 Å². The quantitative estimate of drug-likeness (QED) is 0.609. The number of H-pyrrole nitrogens is 1. The van der Waals surface area contributed by atoms with Gasteiger partial charge in [0.2, 0.25) is 0 Å². The van der Waals surface area contributed by atoms with Crippen LogP contribution < -0.4 is 11.2 Å². The first-order valence-electron chi connectivity index (χ1n) is 4.88. The van der Waals surface area contributed by atoms with Gasteiger partial charge in [-0.3, -0.25) is 14.3 Å². The number of aromatic amines is 1. The molecule has 94 valence electrons. The molecule has 0 radical (unpaired) electrons. The van der Waals surface area contributed by atoms with Crippen molar-refractivity contribution in [3.05, 3.63) is 44.8 Å². The minimum atomic E-state index is -0.468. The van der Waals surface area contributed by atoms with Crippen molar-refractivity contribution in [3.8, 4) is 0 Å². The Morgan fingerprint density at radius 2 is 2.18 bits per heavy atom. The van der Waals surface area contributed by atoms with E-state index in [0.29, 0.717) is 11.3 Å². The molecule has 2 heterocycles. The van der Waals surface area contributed by atoms with Crippen LogP contribution in [-0.4, -0.2) is 21.4 Å². The number of hydrogen-bond donors (Lipinski definition) is 2. The van der Waals surface area contributed by atoms with Gasteiger partial charge in [-0.15, -0.1) is 0 Å². The van der Waals surface area contributed by atoms with Crippen LogP contribution >= 0.6 is 12.6 Å². The molecular formula is C11H16N2O3S. The normalized spacial score (nSPS) is 22.5. The summed E-state index contributed by atoms with van der Waals surface area (Å²) >= 11 is 4.11. The predicted octanol–water partition coefficient (Wildman–Crippen LogP) is 0.865. The summed E-state index contributed by atoms with van der Waals surface area (Å²) in [5.41, 5.74) is -0.357. The van der Waals surface area contributed by atoms with Gasteiger partial charge >= 0.3 is 5.69 Å². The summed E-state index contributed by atoms with van der Waals surface area (Å²) in [6.07, 6.45) is 4.58. The van der Waals surface area contributed by atoms with Gasteiger partial charge in [0.25, 0.3) is 5.56 Å². The predicted molar refractivity (Wildman–Crippen MR) is 69.7 cm³/mol. The van der Waals surface area contributed by atoms with Crippen molar-refractivity contribution in [2.24, 2.45) is 0 Å². The summed E-state index contributed by atoms with van der Waals surface area (Å²) in [4.78, 5) is 25.0. The first-order chi connectivity index (χ1) is 7.61. The topological polar surface area (TPSA) is 64.1 Å². The molecular weight excluding hydrogens is 240 g/mol. The average Bonchev–Trinajstić information content (AvgIpc) is 2.71. The standard InChI is InChI=1S/C10H12N2O3S.CH4/c1-6-4-12(10(14)11-9(6)13)8-3-2-7(5-16)15-8;/h2-4,7-8,16H,5H2,1H3,(H,11,13,14);1H4/t7-,8+;/m0./s1. The summed E-state index contributed by atoms with van der Waals surface area (Å²) in [5.74, 6) is 0.560. The van der Waals surface area contributed by atoms with E-state index in [0.717, 1.165) is 0 Å². The third-order valence-electron chi connectivity index (χ3n) is 2.40. The Labute approximate surface area is 105 Å². The lowest BCUT2D eigenvalue weighted by atomic mass is 10.3. The Morgan fingerprint density at radius 3 is 2.76 bits per heavy atom. The molecule has 1 aliphatic rings. The van der Waals surface area contributed by atoms with Gasteiger partial charge in [-0.25, -0.2) is 4.79 Å². The van der Waals surface area contributed by atoms with Crippen LogP contribution in [0, 0.1) is 6.92 Å². The van der Waals surface area contributed by atoms with E-state index in [1.165, 1.54) is 10.8 Å². The average molecular weight is 256 g/mol. The fourth-order valence-corrected chi connectivity index (χ4v) is 1.73. The molecule has 0 aliphatic carbocycles. The second kappa shape index (κ2) is 5.37. The molecule has 0 amide bonds. The van der Waals surface area contributed by atoms with E-state index in [2.05, 4.69) is 17.6 Å². The first kappa shape index (κ1) is 13.8. The summed E-state index contributed by atoms with van der Waals surface area (Å²) in [5, 5.41) is 0. The highest BCUT2D eigenvalue weighted by Crippen LogP contribution is 2.19. The molecule has 5 nitrogen and oxygen atoms in total. The molecule has 1 aliphatic heterocycles. The van der Waals surface area contributed by atoms with E-state index in [-0.39, 0.29) is 19.1 Å². The number of rotatable bonds is 2. The minimum Gasteiger partial charge on any atom is -0.346 e. The highest BCUT2D eigenvalue weighted by atomic mass is 32.1. The maximum absolute atomic E-state index is 11.5. The van der Waals surface area contributed by atoms with Crippen molar-refractivity contribution in [2.45, 2.75) is 26.7 Å². The number of nitrogens with one attached hydrogen (secondary N) is 1. The van der Waals surface area contributed by atoms with Crippen LogP contribution in [0.3, 0.4) is 0 Å². The Morgan fingerprint density at radius 1 is 1.47 bits per heavy atom. The maximum atomic E-state index is 11.5. The number of aromatic nitrogens is 2. The molecule has 1 aromatic heterocycles. The number of aryl methyl sites for hydroxylation is 1. The summed E-state index contributed by atoms with van der Waals surface area (Å²) in [6.45, 7) is 1.64. The third-order valence-corrected chi connectivity index (χ3v) is 2.76. The molecule has 0 aromatic carbocycles. The molecule has 0 spiro atoms. The van der Waals surface area contributed by atoms with Crippen LogP contribution in [0.5, 0.6) is 0 Å². The Bertz CT molecular complexity index is 532. The van der Waals surface area contributed by atoms with Gasteiger partial charge in [0, 0.05) is 17.5 Å². The molecule has 1 N–H and O–H groups in total. The molecule has 0 unspecified atom stereocenters. The van der Waals surface area contributed by atoms with Gasteiger partial charge in [0.05, 0.1) is 6.10 Å². The summed E-state index contributed by atoms with van der Waals surface area (Å²) < 4.78 is 6.88. The van der Waals surface area contributed by atoms with Crippen LogP contribution in [0.4, 0.5) is 0 Å². The van der Waals surface area contributed by atoms with E-state index in [9.17, 15) is 9.59 Å².